The van der Waals surface area contributed by atoms with E-state index >= 15 is 0 Å². The van der Waals surface area contributed by atoms with Gasteiger partial charge < -0.3 is 10.5 Å². The van der Waals surface area contributed by atoms with Crippen molar-refractivity contribution in [3.8, 4) is 0 Å². The summed E-state index contributed by atoms with van der Waals surface area (Å²) in [6.07, 6.45) is 6.65. The van der Waals surface area contributed by atoms with Crippen LogP contribution in [0, 0.1) is 11.3 Å². The van der Waals surface area contributed by atoms with Gasteiger partial charge in [-0.15, -0.1) is 0 Å². The molecule has 1 saturated carbocycles. The van der Waals surface area contributed by atoms with Gasteiger partial charge in [-0.2, -0.15) is 0 Å². The highest BCUT2D eigenvalue weighted by Crippen LogP contribution is 2.53. The van der Waals surface area contributed by atoms with E-state index in [9.17, 15) is 0 Å². The molecule has 0 aromatic rings. The van der Waals surface area contributed by atoms with E-state index in [4.69, 9.17) is 10.5 Å². The van der Waals surface area contributed by atoms with Crippen molar-refractivity contribution in [3.63, 3.8) is 0 Å². The van der Waals surface area contributed by atoms with Gasteiger partial charge in [0.05, 0.1) is 11.7 Å². The van der Waals surface area contributed by atoms with Crippen LogP contribution in [-0.2, 0) is 4.74 Å². The molecule has 0 aromatic heterocycles. The molecule has 1 spiro atoms. The molecule has 88 valence electrons. The molecule has 1 aliphatic carbocycles. The lowest BCUT2D eigenvalue weighted by Crippen LogP contribution is -2.41. The zero-order valence-electron chi connectivity index (χ0n) is 10.4. The molecule has 2 heteroatoms. The van der Waals surface area contributed by atoms with Gasteiger partial charge >= 0.3 is 0 Å². The second-order valence-corrected chi connectivity index (χ2v) is 6.39. The Kier molecular flexibility index (Phi) is 2.85. The van der Waals surface area contributed by atoms with Crippen LogP contribution in [0.15, 0.2) is 0 Å². The SMILES string of the molecule is CC(C)(C)[C@@H]1CCC[C@]12CC[C@H](CN)O2. The van der Waals surface area contributed by atoms with Crippen molar-refractivity contribution in [2.24, 2.45) is 17.1 Å². The molecular weight excluding hydrogens is 186 g/mol. The summed E-state index contributed by atoms with van der Waals surface area (Å²) in [7, 11) is 0. The van der Waals surface area contributed by atoms with Crippen molar-refractivity contribution in [2.45, 2.75) is 64.6 Å². The Morgan fingerprint density at radius 1 is 1.27 bits per heavy atom. The minimum atomic E-state index is 0.183. The summed E-state index contributed by atoms with van der Waals surface area (Å²) in [5.41, 5.74) is 6.27. The molecule has 2 rings (SSSR count). The standard InChI is InChI=1S/C13H25NO/c1-12(2,3)11-5-4-7-13(11)8-6-10(9-14)15-13/h10-11H,4-9,14H2,1-3H3/t10-,11+,13+/m1/s1. The number of hydrogen-bond acceptors (Lipinski definition) is 2. The van der Waals surface area contributed by atoms with E-state index in [-0.39, 0.29) is 5.60 Å². The average Bonchev–Trinajstić information content (AvgIpc) is 2.73. The molecule has 0 amide bonds. The van der Waals surface area contributed by atoms with Crippen molar-refractivity contribution in [3.05, 3.63) is 0 Å². The topological polar surface area (TPSA) is 35.2 Å². The van der Waals surface area contributed by atoms with E-state index in [0.717, 1.165) is 5.92 Å². The molecule has 2 nitrogen and oxygen atoms in total. The van der Waals surface area contributed by atoms with Crippen LogP contribution in [0.5, 0.6) is 0 Å². The lowest BCUT2D eigenvalue weighted by atomic mass is 9.71. The van der Waals surface area contributed by atoms with Gasteiger partial charge in [-0.25, -0.2) is 0 Å². The summed E-state index contributed by atoms with van der Waals surface area (Å²) < 4.78 is 6.27. The van der Waals surface area contributed by atoms with Crippen molar-refractivity contribution in [2.75, 3.05) is 6.54 Å². The molecule has 2 fully saturated rings. The maximum absolute atomic E-state index is 6.27. The molecule has 15 heavy (non-hydrogen) atoms. The van der Waals surface area contributed by atoms with Gasteiger partial charge in [0.1, 0.15) is 0 Å². The number of nitrogens with two attached hydrogens (primary N) is 1. The smallest absolute Gasteiger partial charge is 0.0720 e. The molecule has 1 aliphatic heterocycles. The normalized spacial score (nSPS) is 41.6. The van der Waals surface area contributed by atoms with Crippen molar-refractivity contribution in [1.29, 1.82) is 0 Å². The van der Waals surface area contributed by atoms with Gasteiger partial charge in [0.15, 0.2) is 0 Å². The van der Waals surface area contributed by atoms with E-state index < -0.39 is 0 Å². The largest absolute Gasteiger partial charge is 0.370 e. The van der Waals surface area contributed by atoms with Crippen LogP contribution < -0.4 is 5.73 Å². The molecule has 0 bridgehead atoms. The van der Waals surface area contributed by atoms with Gasteiger partial charge in [0, 0.05) is 6.54 Å². The zero-order chi connectivity index (χ0) is 11.1. The Balaban J connectivity index is 2.14. The third kappa shape index (κ3) is 1.94. The lowest BCUT2D eigenvalue weighted by Gasteiger charge is -2.40. The van der Waals surface area contributed by atoms with Crippen LogP contribution in [0.1, 0.15) is 52.9 Å². The summed E-state index contributed by atoms with van der Waals surface area (Å²) in [4.78, 5) is 0. The van der Waals surface area contributed by atoms with Crippen LogP contribution in [0.3, 0.4) is 0 Å². The van der Waals surface area contributed by atoms with Gasteiger partial charge in [-0.3, -0.25) is 0 Å². The average molecular weight is 211 g/mol. The van der Waals surface area contributed by atoms with Gasteiger partial charge in [-0.05, 0) is 37.0 Å². The van der Waals surface area contributed by atoms with Crippen molar-refractivity contribution < 1.29 is 4.74 Å². The summed E-state index contributed by atoms with van der Waals surface area (Å²) in [6.45, 7) is 7.75. The molecule has 3 atom stereocenters. The third-order valence-electron chi connectivity index (χ3n) is 4.33. The molecule has 0 radical (unpaired) electrons. The Labute approximate surface area is 93.6 Å². The first-order valence-corrected chi connectivity index (χ1v) is 6.36. The summed E-state index contributed by atoms with van der Waals surface area (Å²) in [6, 6.07) is 0. The quantitative estimate of drug-likeness (QED) is 0.724. The molecular formula is C13H25NO. The number of rotatable bonds is 1. The first-order valence-electron chi connectivity index (χ1n) is 6.36. The molecule has 2 N–H and O–H groups in total. The van der Waals surface area contributed by atoms with Gasteiger partial charge in [0.25, 0.3) is 0 Å². The van der Waals surface area contributed by atoms with Crippen LogP contribution in [0.2, 0.25) is 0 Å². The predicted molar refractivity (Wildman–Crippen MR) is 62.7 cm³/mol. The van der Waals surface area contributed by atoms with Crippen LogP contribution in [-0.4, -0.2) is 18.2 Å². The molecule has 0 aromatic carbocycles. The summed E-state index contributed by atoms with van der Waals surface area (Å²) in [5.74, 6) is 0.724. The fourth-order valence-electron chi connectivity index (χ4n) is 3.73. The Morgan fingerprint density at radius 2 is 2.00 bits per heavy atom. The van der Waals surface area contributed by atoms with Crippen LogP contribution in [0.4, 0.5) is 0 Å². The second kappa shape index (κ2) is 3.74. The van der Waals surface area contributed by atoms with Crippen LogP contribution >= 0.6 is 0 Å². The highest BCUT2D eigenvalue weighted by molar-refractivity contribution is 5.02. The molecule has 1 saturated heterocycles. The van der Waals surface area contributed by atoms with E-state index in [1.807, 2.05) is 0 Å². The highest BCUT2D eigenvalue weighted by atomic mass is 16.5. The van der Waals surface area contributed by atoms with E-state index in [2.05, 4.69) is 20.8 Å². The van der Waals surface area contributed by atoms with Crippen LogP contribution in [0.25, 0.3) is 0 Å². The fraction of sp³-hybridized carbons (Fsp3) is 1.00. The predicted octanol–water partition coefficient (Wildman–Crippen LogP) is 2.71. The highest BCUT2D eigenvalue weighted by Gasteiger charge is 2.52. The minimum Gasteiger partial charge on any atom is -0.370 e. The maximum Gasteiger partial charge on any atom is 0.0720 e. The molecule has 0 unspecified atom stereocenters. The summed E-state index contributed by atoms with van der Waals surface area (Å²) in [5, 5.41) is 0. The van der Waals surface area contributed by atoms with Gasteiger partial charge in [-0.1, -0.05) is 27.2 Å². The monoisotopic (exact) mass is 211 g/mol. The number of ether oxygens (including phenoxy) is 1. The summed E-state index contributed by atoms with van der Waals surface area (Å²) >= 11 is 0. The Bertz CT molecular complexity index is 233. The first kappa shape index (κ1) is 11.4. The zero-order valence-corrected chi connectivity index (χ0v) is 10.4. The fourth-order valence-corrected chi connectivity index (χ4v) is 3.73. The lowest BCUT2D eigenvalue weighted by molar-refractivity contribution is -0.0891. The third-order valence-corrected chi connectivity index (χ3v) is 4.33. The molecule has 2 aliphatic rings. The maximum atomic E-state index is 6.27. The molecule has 1 heterocycles. The van der Waals surface area contributed by atoms with Gasteiger partial charge in [0.2, 0.25) is 0 Å². The van der Waals surface area contributed by atoms with Crippen molar-refractivity contribution in [1.82, 2.24) is 0 Å². The van der Waals surface area contributed by atoms with Crippen molar-refractivity contribution >= 4 is 0 Å². The first-order chi connectivity index (χ1) is 6.98. The number of hydrogen-bond donors (Lipinski definition) is 1. The van der Waals surface area contributed by atoms with E-state index in [1.54, 1.807) is 0 Å². The van der Waals surface area contributed by atoms with E-state index in [0.29, 0.717) is 18.1 Å². The minimum absolute atomic E-state index is 0.183. The van der Waals surface area contributed by atoms with E-state index in [1.165, 1.54) is 32.1 Å². The second-order valence-electron chi connectivity index (χ2n) is 6.39. The Hall–Kier alpha value is -0.0800. The Morgan fingerprint density at radius 3 is 2.53 bits per heavy atom.